The van der Waals surface area contributed by atoms with Crippen molar-refractivity contribution in [3.05, 3.63) is 89.5 Å². The molecule has 0 bridgehead atoms. The van der Waals surface area contributed by atoms with Crippen molar-refractivity contribution < 1.29 is 4.79 Å². The van der Waals surface area contributed by atoms with Crippen molar-refractivity contribution >= 4 is 22.6 Å². The van der Waals surface area contributed by atoms with Gasteiger partial charge in [-0.3, -0.25) is 4.79 Å². The maximum absolute atomic E-state index is 12.3. The van der Waals surface area contributed by atoms with E-state index in [1.54, 1.807) is 6.08 Å². The first-order chi connectivity index (χ1) is 11.6. The van der Waals surface area contributed by atoms with E-state index in [2.05, 4.69) is 62.4 Å². The first kappa shape index (κ1) is 16.2. The third kappa shape index (κ3) is 3.80. The standard InChI is InChI=1S/C23H22O/c1-17-7-5-8-19(15-17)13-14-21(24)16-18(2)22-12-6-10-20-9-3-4-11-23(20)22/h3-15,18H,16H2,1-2H3/b14-13+. The lowest BCUT2D eigenvalue weighted by molar-refractivity contribution is -0.114. The number of rotatable bonds is 5. The van der Waals surface area contributed by atoms with Crippen LogP contribution in [0.25, 0.3) is 16.8 Å². The van der Waals surface area contributed by atoms with Gasteiger partial charge in [0.25, 0.3) is 0 Å². The van der Waals surface area contributed by atoms with Crippen LogP contribution in [0.3, 0.4) is 0 Å². The Kier molecular flexibility index (Phi) is 4.90. The predicted molar refractivity (Wildman–Crippen MR) is 102 cm³/mol. The molecule has 3 aromatic carbocycles. The molecule has 0 fully saturated rings. The molecular weight excluding hydrogens is 292 g/mol. The Morgan fingerprint density at radius 1 is 1.00 bits per heavy atom. The molecule has 0 saturated heterocycles. The van der Waals surface area contributed by atoms with E-state index in [4.69, 9.17) is 0 Å². The minimum Gasteiger partial charge on any atom is -0.295 e. The first-order valence-corrected chi connectivity index (χ1v) is 8.39. The molecule has 3 aromatic rings. The zero-order valence-electron chi connectivity index (χ0n) is 14.2. The van der Waals surface area contributed by atoms with Gasteiger partial charge < -0.3 is 0 Å². The summed E-state index contributed by atoms with van der Waals surface area (Å²) in [6, 6.07) is 22.8. The Hall–Kier alpha value is -2.67. The van der Waals surface area contributed by atoms with Gasteiger partial charge in [0, 0.05) is 6.42 Å². The Morgan fingerprint density at radius 2 is 1.75 bits per heavy atom. The molecule has 1 atom stereocenters. The maximum atomic E-state index is 12.3. The molecule has 1 heteroatoms. The lowest BCUT2D eigenvalue weighted by atomic mass is 9.91. The summed E-state index contributed by atoms with van der Waals surface area (Å²) in [4.78, 5) is 12.3. The van der Waals surface area contributed by atoms with Gasteiger partial charge in [-0.1, -0.05) is 85.3 Å². The van der Waals surface area contributed by atoms with Crippen molar-refractivity contribution in [1.29, 1.82) is 0 Å². The summed E-state index contributed by atoms with van der Waals surface area (Å²) in [5.74, 6) is 0.364. The van der Waals surface area contributed by atoms with Crippen LogP contribution in [0.2, 0.25) is 0 Å². The van der Waals surface area contributed by atoms with E-state index in [1.165, 1.54) is 21.9 Å². The third-order valence-corrected chi connectivity index (χ3v) is 4.37. The predicted octanol–water partition coefficient (Wildman–Crippen LogP) is 5.92. The van der Waals surface area contributed by atoms with Crippen LogP contribution in [0.4, 0.5) is 0 Å². The van der Waals surface area contributed by atoms with Crippen molar-refractivity contribution in [3.8, 4) is 0 Å². The van der Waals surface area contributed by atoms with Gasteiger partial charge in [-0.15, -0.1) is 0 Å². The lowest BCUT2D eigenvalue weighted by Crippen LogP contribution is -2.02. The summed E-state index contributed by atoms with van der Waals surface area (Å²) in [5, 5.41) is 2.47. The largest absolute Gasteiger partial charge is 0.295 e. The zero-order chi connectivity index (χ0) is 16.9. The second kappa shape index (κ2) is 7.27. The second-order valence-electron chi connectivity index (χ2n) is 6.39. The Balaban J connectivity index is 1.74. The molecule has 1 nitrogen and oxygen atoms in total. The van der Waals surface area contributed by atoms with Crippen LogP contribution in [0, 0.1) is 6.92 Å². The molecule has 3 rings (SSSR count). The number of ketones is 1. The fraction of sp³-hybridized carbons (Fsp3) is 0.174. The number of hydrogen-bond donors (Lipinski definition) is 0. The summed E-state index contributed by atoms with van der Waals surface area (Å²) in [5.41, 5.74) is 3.51. The Bertz CT molecular complexity index is 884. The first-order valence-electron chi connectivity index (χ1n) is 8.39. The zero-order valence-corrected chi connectivity index (χ0v) is 14.2. The lowest BCUT2D eigenvalue weighted by Gasteiger charge is -2.13. The highest BCUT2D eigenvalue weighted by molar-refractivity contribution is 5.95. The van der Waals surface area contributed by atoms with Crippen molar-refractivity contribution in [3.63, 3.8) is 0 Å². The molecule has 0 heterocycles. The van der Waals surface area contributed by atoms with Crippen molar-refractivity contribution in [2.45, 2.75) is 26.2 Å². The highest BCUT2D eigenvalue weighted by Gasteiger charge is 2.12. The van der Waals surface area contributed by atoms with E-state index in [9.17, 15) is 4.79 Å². The van der Waals surface area contributed by atoms with Gasteiger partial charge in [-0.25, -0.2) is 0 Å². The molecule has 24 heavy (non-hydrogen) atoms. The minimum absolute atomic E-state index is 0.164. The van der Waals surface area contributed by atoms with Crippen molar-refractivity contribution in [2.24, 2.45) is 0 Å². The van der Waals surface area contributed by atoms with E-state index < -0.39 is 0 Å². The number of allylic oxidation sites excluding steroid dienone is 1. The van der Waals surface area contributed by atoms with Gasteiger partial charge in [0.15, 0.2) is 5.78 Å². The average molecular weight is 314 g/mol. The van der Waals surface area contributed by atoms with Crippen LogP contribution in [-0.2, 0) is 4.79 Å². The molecule has 0 N–H and O–H groups in total. The fourth-order valence-corrected chi connectivity index (χ4v) is 3.12. The summed E-state index contributed by atoms with van der Waals surface area (Å²) in [6.45, 7) is 4.18. The fourth-order valence-electron chi connectivity index (χ4n) is 3.12. The van der Waals surface area contributed by atoms with Crippen LogP contribution >= 0.6 is 0 Å². The number of fused-ring (bicyclic) bond motifs is 1. The number of aryl methyl sites for hydroxylation is 1. The van der Waals surface area contributed by atoms with Gasteiger partial charge >= 0.3 is 0 Å². The summed E-state index contributed by atoms with van der Waals surface area (Å²) >= 11 is 0. The number of hydrogen-bond acceptors (Lipinski definition) is 1. The molecule has 0 aliphatic carbocycles. The monoisotopic (exact) mass is 314 g/mol. The van der Waals surface area contributed by atoms with E-state index in [0.717, 1.165) is 5.56 Å². The number of carbonyl (C=O) groups excluding carboxylic acids is 1. The van der Waals surface area contributed by atoms with E-state index in [-0.39, 0.29) is 11.7 Å². The highest BCUT2D eigenvalue weighted by Crippen LogP contribution is 2.27. The smallest absolute Gasteiger partial charge is 0.156 e. The molecule has 0 saturated carbocycles. The molecule has 0 radical (unpaired) electrons. The second-order valence-corrected chi connectivity index (χ2v) is 6.39. The Morgan fingerprint density at radius 3 is 2.58 bits per heavy atom. The van der Waals surface area contributed by atoms with Crippen molar-refractivity contribution in [1.82, 2.24) is 0 Å². The summed E-state index contributed by atoms with van der Waals surface area (Å²) in [7, 11) is 0. The topological polar surface area (TPSA) is 17.1 Å². The SMILES string of the molecule is Cc1cccc(/C=C/C(=O)CC(C)c2cccc3ccccc23)c1. The van der Waals surface area contributed by atoms with Gasteiger partial charge in [0.05, 0.1) is 0 Å². The van der Waals surface area contributed by atoms with Crippen LogP contribution in [0.1, 0.15) is 36.0 Å². The van der Waals surface area contributed by atoms with E-state index in [1.807, 2.05) is 24.3 Å². The molecule has 0 amide bonds. The highest BCUT2D eigenvalue weighted by atomic mass is 16.1. The molecule has 1 unspecified atom stereocenters. The third-order valence-electron chi connectivity index (χ3n) is 4.37. The molecular formula is C23H22O. The molecule has 120 valence electrons. The van der Waals surface area contributed by atoms with Crippen molar-refractivity contribution in [2.75, 3.05) is 0 Å². The van der Waals surface area contributed by atoms with Crippen LogP contribution in [0.5, 0.6) is 0 Å². The van der Waals surface area contributed by atoms with Gasteiger partial charge in [0.2, 0.25) is 0 Å². The Labute approximate surface area is 143 Å². The van der Waals surface area contributed by atoms with Gasteiger partial charge in [0.1, 0.15) is 0 Å². The molecule has 0 aromatic heterocycles. The summed E-state index contributed by atoms with van der Waals surface area (Å²) in [6.07, 6.45) is 4.14. The normalized spacial score (nSPS) is 12.6. The van der Waals surface area contributed by atoms with Gasteiger partial charge in [-0.2, -0.15) is 0 Å². The number of carbonyl (C=O) groups is 1. The average Bonchev–Trinajstić information content (AvgIpc) is 2.59. The van der Waals surface area contributed by atoms with Crippen LogP contribution in [0.15, 0.2) is 72.8 Å². The minimum atomic E-state index is 0.164. The molecule has 0 aliphatic heterocycles. The van der Waals surface area contributed by atoms with E-state index in [0.29, 0.717) is 6.42 Å². The van der Waals surface area contributed by atoms with E-state index >= 15 is 0 Å². The molecule has 0 spiro atoms. The summed E-state index contributed by atoms with van der Waals surface area (Å²) < 4.78 is 0. The quantitative estimate of drug-likeness (QED) is 0.534. The van der Waals surface area contributed by atoms with Gasteiger partial charge in [-0.05, 0) is 40.8 Å². The maximum Gasteiger partial charge on any atom is 0.156 e. The number of benzene rings is 3. The van der Waals surface area contributed by atoms with Crippen LogP contribution < -0.4 is 0 Å². The molecule has 0 aliphatic rings. The van der Waals surface area contributed by atoms with Crippen LogP contribution in [-0.4, -0.2) is 5.78 Å².